The molecule has 0 aliphatic rings. The van der Waals surface area contributed by atoms with E-state index in [-0.39, 0.29) is 4.99 Å². The molecule has 0 amide bonds. The van der Waals surface area contributed by atoms with Gasteiger partial charge in [-0.2, -0.15) is 0 Å². The van der Waals surface area contributed by atoms with Gasteiger partial charge in [-0.25, -0.2) is 0 Å². The summed E-state index contributed by atoms with van der Waals surface area (Å²) in [5.74, 6) is 1.33. The molecule has 2 rings (SSSR count). The van der Waals surface area contributed by atoms with E-state index in [9.17, 15) is 0 Å². The molecule has 0 fully saturated rings. The van der Waals surface area contributed by atoms with Gasteiger partial charge >= 0.3 is 0 Å². The Kier molecular flexibility index (Phi) is 3.61. The Morgan fingerprint density at radius 2 is 1.82 bits per heavy atom. The Morgan fingerprint density at radius 1 is 1.12 bits per heavy atom. The van der Waals surface area contributed by atoms with Crippen LogP contribution in [0.4, 0.5) is 0 Å². The highest BCUT2D eigenvalue weighted by molar-refractivity contribution is 7.80. The zero-order chi connectivity index (χ0) is 12.3. The molecule has 0 aliphatic heterocycles. The number of benzene rings is 2. The van der Waals surface area contributed by atoms with Gasteiger partial charge in [-0.3, -0.25) is 0 Å². The van der Waals surface area contributed by atoms with Crippen LogP contribution in [-0.2, 0) is 0 Å². The minimum atomic E-state index is 0.262. The molecule has 0 atom stereocenters. The van der Waals surface area contributed by atoms with E-state index in [0.29, 0.717) is 16.3 Å². The molecule has 4 heteroatoms. The van der Waals surface area contributed by atoms with Crippen molar-refractivity contribution in [1.29, 1.82) is 0 Å². The normalized spacial score (nSPS) is 9.94. The first-order valence-corrected chi connectivity index (χ1v) is 5.77. The summed E-state index contributed by atoms with van der Waals surface area (Å²) in [7, 11) is 0. The fourth-order valence-electron chi connectivity index (χ4n) is 1.40. The highest BCUT2D eigenvalue weighted by atomic mass is 35.5. The van der Waals surface area contributed by atoms with E-state index >= 15 is 0 Å². The number of para-hydroxylation sites is 1. The quantitative estimate of drug-likeness (QED) is 0.857. The van der Waals surface area contributed by atoms with Crippen LogP contribution in [0.2, 0.25) is 5.02 Å². The van der Waals surface area contributed by atoms with Crippen molar-refractivity contribution in [2.45, 2.75) is 0 Å². The topological polar surface area (TPSA) is 35.2 Å². The van der Waals surface area contributed by atoms with E-state index in [2.05, 4.69) is 0 Å². The van der Waals surface area contributed by atoms with Gasteiger partial charge in [-0.1, -0.05) is 42.0 Å². The zero-order valence-electron chi connectivity index (χ0n) is 8.89. The monoisotopic (exact) mass is 263 g/mol. The summed E-state index contributed by atoms with van der Waals surface area (Å²) < 4.78 is 5.70. The number of halogens is 1. The molecule has 0 radical (unpaired) electrons. The van der Waals surface area contributed by atoms with Crippen LogP contribution in [-0.4, -0.2) is 4.99 Å². The fraction of sp³-hybridized carbons (Fsp3) is 0. The lowest BCUT2D eigenvalue weighted by Crippen LogP contribution is -2.10. The molecule has 17 heavy (non-hydrogen) atoms. The van der Waals surface area contributed by atoms with Gasteiger partial charge in [0.25, 0.3) is 0 Å². The standard InChI is InChI=1S/C13H10ClNOS/c14-9-6-7-12(11(8-9)13(15)17)16-10-4-2-1-3-5-10/h1-8H,(H2,15,17). The Hall–Kier alpha value is -1.58. The van der Waals surface area contributed by atoms with Crippen molar-refractivity contribution in [3.8, 4) is 11.5 Å². The van der Waals surface area contributed by atoms with Crippen molar-refractivity contribution >= 4 is 28.8 Å². The molecule has 2 nitrogen and oxygen atoms in total. The van der Waals surface area contributed by atoms with Gasteiger partial charge in [0, 0.05) is 5.02 Å². The minimum Gasteiger partial charge on any atom is -0.457 e. The predicted octanol–water partition coefficient (Wildman–Crippen LogP) is 3.77. The Labute approximate surface area is 110 Å². The van der Waals surface area contributed by atoms with E-state index in [4.69, 9.17) is 34.3 Å². The Morgan fingerprint density at radius 3 is 2.47 bits per heavy atom. The van der Waals surface area contributed by atoms with Gasteiger partial charge in [-0.05, 0) is 30.3 Å². The molecular formula is C13H10ClNOS. The number of rotatable bonds is 3. The third kappa shape index (κ3) is 2.96. The van der Waals surface area contributed by atoms with Gasteiger partial charge in [0.15, 0.2) is 0 Å². The molecule has 2 aromatic rings. The maximum absolute atomic E-state index is 5.89. The fourth-order valence-corrected chi connectivity index (χ4v) is 1.73. The van der Waals surface area contributed by atoms with E-state index in [1.165, 1.54) is 0 Å². The molecule has 2 N–H and O–H groups in total. The van der Waals surface area contributed by atoms with Crippen LogP contribution in [0.25, 0.3) is 0 Å². The van der Waals surface area contributed by atoms with Gasteiger partial charge in [0.2, 0.25) is 0 Å². The molecule has 0 spiro atoms. The second-order valence-corrected chi connectivity index (χ2v) is 4.30. The molecule has 0 aromatic heterocycles. The number of thiocarbonyl (C=S) groups is 1. The summed E-state index contributed by atoms with van der Waals surface area (Å²) in [6, 6.07) is 14.6. The van der Waals surface area contributed by atoms with Crippen molar-refractivity contribution in [2.75, 3.05) is 0 Å². The van der Waals surface area contributed by atoms with Crippen molar-refractivity contribution in [3.05, 3.63) is 59.1 Å². The van der Waals surface area contributed by atoms with Crippen molar-refractivity contribution in [2.24, 2.45) is 5.73 Å². The number of hydrogen-bond acceptors (Lipinski definition) is 2. The summed E-state index contributed by atoms with van der Waals surface area (Å²) in [5.41, 5.74) is 6.27. The third-order valence-electron chi connectivity index (χ3n) is 2.18. The largest absolute Gasteiger partial charge is 0.457 e. The molecule has 2 aromatic carbocycles. The molecule has 0 heterocycles. The summed E-state index contributed by atoms with van der Waals surface area (Å²) in [6.45, 7) is 0. The number of ether oxygens (including phenoxy) is 1. The Bertz CT molecular complexity index is 542. The third-order valence-corrected chi connectivity index (χ3v) is 2.63. The highest BCUT2D eigenvalue weighted by Crippen LogP contribution is 2.27. The molecule has 0 saturated heterocycles. The first-order chi connectivity index (χ1) is 8.16. The van der Waals surface area contributed by atoms with Gasteiger partial charge < -0.3 is 10.5 Å². The van der Waals surface area contributed by atoms with E-state index < -0.39 is 0 Å². The van der Waals surface area contributed by atoms with Crippen LogP contribution in [0, 0.1) is 0 Å². The lowest BCUT2D eigenvalue weighted by molar-refractivity contribution is 0.482. The molecule has 0 unspecified atom stereocenters. The van der Waals surface area contributed by atoms with E-state index in [1.54, 1.807) is 18.2 Å². The van der Waals surface area contributed by atoms with Gasteiger partial charge in [-0.15, -0.1) is 0 Å². The second-order valence-electron chi connectivity index (χ2n) is 3.42. The smallest absolute Gasteiger partial charge is 0.137 e. The zero-order valence-corrected chi connectivity index (χ0v) is 10.5. The summed E-state index contributed by atoms with van der Waals surface area (Å²) in [5, 5.41) is 0.577. The number of hydrogen-bond donors (Lipinski definition) is 1. The average molecular weight is 264 g/mol. The van der Waals surface area contributed by atoms with Crippen molar-refractivity contribution < 1.29 is 4.74 Å². The highest BCUT2D eigenvalue weighted by Gasteiger charge is 2.08. The Balaban J connectivity index is 2.36. The van der Waals surface area contributed by atoms with Crippen LogP contribution in [0.15, 0.2) is 48.5 Å². The van der Waals surface area contributed by atoms with E-state index in [1.807, 2.05) is 30.3 Å². The molecule has 0 saturated carbocycles. The number of nitrogens with two attached hydrogens (primary N) is 1. The van der Waals surface area contributed by atoms with Crippen molar-refractivity contribution in [3.63, 3.8) is 0 Å². The van der Waals surface area contributed by atoms with Crippen LogP contribution in [0.5, 0.6) is 11.5 Å². The van der Waals surface area contributed by atoms with Gasteiger partial charge in [0.05, 0.1) is 5.56 Å². The van der Waals surface area contributed by atoms with Crippen LogP contribution < -0.4 is 10.5 Å². The first kappa shape index (κ1) is 11.9. The molecule has 0 aliphatic carbocycles. The minimum absolute atomic E-state index is 0.262. The maximum Gasteiger partial charge on any atom is 0.137 e. The molecular weight excluding hydrogens is 254 g/mol. The van der Waals surface area contributed by atoms with Crippen LogP contribution >= 0.6 is 23.8 Å². The SMILES string of the molecule is NC(=S)c1cc(Cl)ccc1Oc1ccccc1. The molecule has 0 bridgehead atoms. The summed E-state index contributed by atoms with van der Waals surface area (Å²) in [6.07, 6.45) is 0. The summed E-state index contributed by atoms with van der Waals surface area (Å²) >= 11 is 10.9. The van der Waals surface area contributed by atoms with Crippen molar-refractivity contribution in [1.82, 2.24) is 0 Å². The van der Waals surface area contributed by atoms with Crippen LogP contribution in [0.1, 0.15) is 5.56 Å². The average Bonchev–Trinajstić information content (AvgIpc) is 2.32. The van der Waals surface area contributed by atoms with Gasteiger partial charge in [0.1, 0.15) is 16.5 Å². The maximum atomic E-state index is 5.89. The molecule has 86 valence electrons. The second kappa shape index (κ2) is 5.17. The predicted molar refractivity (Wildman–Crippen MR) is 73.9 cm³/mol. The first-order valence-electron chi connectivity index (χ1n) is 4.99. The van der Waals surface area contributed by atoms with Crippen LogP contribution in [0.3, 0.4) is 0 Å². The lowest BCUT2D eigenvalue weighted by atomic mass is 10.2. The van der Waals surface area contributed by atoms with E-state index in [0.717, 1.165) is 5.75 Å². The summed E-state index contributed by atoms with van der Waals surface area (Å²) in [4.78, 5) is 0.262. The lowest BCUT2D eigenvalue weighted by Gasteiger charge is -2.10.